The summed E-state index contributed by atoms with van der Waals surface area (Å²) in [7, 11) is 1.66. The standard InChI is InChI=1S/C15H24N2O2/c1-4-10-16-14-7-5-13(6-8-14)15(18)17-12(2)9-11-19-3/h5-8,12,16H,4,9-11H2,1-3H3,(H,17,18). The Hall–Kier alpha value is -1.55. The Kier molecular flexibility index (Phi) is 6.97. The summed E-state index contributed by atoms with van der Waals surface area (Å²) >= 11 is 0. The highest BCUT2D eigenvalue weighted by molar-refractivity contribution is 5.94. The molecule has 2 N–H and O–H groups in total. The minimum atomic E-state index is -0.0364. The Morgan fingerprint density at radius 2 is 2.00 bits per heavy atom. The van der Waals surface area contributed by atoms with E-state index in [9.17, 15) is 4.79 Å². The molecular weight excluding hydrogens is 240 g/mol. The lowest BCUT2D eigenvalue weighted by Crippen LogP contribution is -2.33. The van der Waals surface area contributed by atoms with Gasteiger partial charge < -0.3 is 15.4 Å². The molecular formula is C15H24N2O2. The van der Waals surface area contributed by atoms with Crippen molar-refractivity contribution < 1.29 is 9.53 Å². The molecule has 106 valence electrons. The molecule has 0 bridgehead atoms. The molecule has 4 heteroatoms. The second-order valence-electron chi connectivity index (χ2n) is 4.66. The van der Waals surface area contributed by atoms with Crippen molar-refractivity contribution in [3.05, 3.63) is 29.8 Å². The van der Waals surface area contributed by atoms with Crippen molar-refractivity contribution in [1.82, 2.24) is 5.32 Å². The molecule has 1 amide bonds. The van der Waals surface area contributed by atoms with Crippen LogP contribution in [0.25, 0.3) is 0 Å². The highest BCUT2D eigenvalue weighted by Crippen LogP contribution is 2.09. The number of benzene rings is 1. The number of hydrogen-bond donors (Lipinski definition) is 2. The normalized spacial score (nSPS) is 11.9. The van der Waals surface area contributed by atoms with Crippen LogP contribution in [0.4, 0.5) is 5.69 Å². The number of nitrogens with one attached hydrogen (secondary N) is 2. The van der Waals surface area contributed by atoms with E-state index < -0.39 is 0 Å². The first-order chi connectivity index (χ1) is 9.17. The van der Waals surface area contributed by atoms with Crippen molar-refractivity contribution in [3.63, 3.8) is 0 Å². The Labute approximate surface area is 115 Å². The van der Waals surface area contributed by atoms with Crippen LogP contribution in [0.15, 0.2) is 24.3 Å². The fraction of sp³-hybridized carbons (Fsp3) is 0.533. The molecule has 0 heterocycles. The second kappa shape index (κ2) is 8.53. The summed E-state index contributed by atoms with van der Waals surface area (Å²) in [5.74, 6) is -0.0364. The molecule has 0 saturated carbocycles. The van der Waals surface area contributed by atoms with Crippen molar-refractivity contribution >= 4 is 11.6 Å². The summed E-state index contributed by atoms with van der Waals surface area (Å²) < 4.78 is 4.99. The van der Waals surface area contributed by atoms with Crippen LogP contribution >= 0.6 is 0 Å². The number of methoxy groups -OCH3 is 1. The minimum Gasteiger partial charge on any atom is -0.385 e. The van der Waals surface area contributed by atoms with E-state index in [0.717, 1.165) is 25.1 Å². The van der Waals surface area contributed by atoms with Crippen molar-refractivity contribution in [1.29, 1.82) is 0 Å². The lowest BCUT2D eigenvalue weighted by Gasteiger charge is -2.13. The summed E-state index contributed by atoms with van der Waals surface area (Å²) in [6, 6.07) is 7.67. The van der Waals surface area contributed by atoms with E-state index in [2.05, 4.69) is 17.6 Å². The Morgan fingerprint density at radius 1 is 1.32 bits per heavy atom. The predicted molar refractivity (Wildman–Crippen MR) is 78.6 cm³/mol. The lowest BCUT2D eigenvalue weighted by atomic mass is 10.1. The van der Waals surface area contributed by atoms with Gasteiger partial charge in [-0.25, -0.2) is 0 Å². The Morgan fingerprint density at radius 3 is 2.58 bits per heavy atom. The highest BCUT2D eigenvalue weighted by Gasteiger charge is 2.09. The van der Waals surface area contributed by atoms with Crippen LogP contribution in [0.5, 0.6) is 0 Å². The fourth-order valence-electron chi connectivity index (χ4n) is 1.68. The molecule has 1 atom stereocenters. The van der Waals surface area contributed by atoms with Gasteiger partial charge in [0.1, 0.15) is 0 Å². The minimum absolute atomic E-state index is 0.0364. The number of carbonyl (C=O) groups is 1. The lowest BCUT2D eigenvalue weighted by molar-refractivity contribution is 0.0929. The maximum Gasteiger partial charge on any atom is 0.251 e. The van der Waals surface area contributed by atoms with Gasteiger partial charge >= 0.3 is 0 Å². The third-order valence-corrected chi connectivity index (χ3v) is 2.86. The van der Waals surface area contributed by atoms with Gasteiger partial charge in [-0.2, -0.15) is 0 Å². The van der Waals surface area contributed by atoms with Gasteiger partial charge in [0.15, 0.2) is 0 Å². The van der Waals surface area contributed by atoms with Crippen LogP contribution in [0.3, 0.4) is 0 Å². The maximum absolute atomic E-state index is 12.0. The van der Waals surface area contributed by atoms with E-state index in [0.29, 0.717) is 12.2 Å². The second-order valence-corrected chi connectivity index (χ2v) is 4.66. The first-order valence-corrected chi connectivity index (χ1v) is 6.81. The number of rotatable bonds is 8. The summed E-state index contributed by atoms with van der Waals surface area (Å²) in [5, 5.41) is 6.24. The van der Waals surface area contributed by atoms with E-state index in [4.69, 9.17) is 4.74 Å². The van der Waals surface area contributed by atoms with Crippen molar-refractivity contribution in [2.24, 2.45) is 0 Å². The molecule has 0 aromatic heterocycles. The largest absolute Gasteiger partial charge is 0.385 e. The van der Waals surface area contributed by atoms with Gasteiger partial charge in [-0.05, 0) is 44.0 Å². The first-order valence-electron chi connectivity index (χ1n) is 6.81. The van der Waals surface area contributed by atoms with Gasteiger partial charge in [-0.1, -0.05) is 6.92 Å². The van der Waals surface area contributed by atoms with Crippen LogP contribution < -0.4 is 10.6 Å². The van der Waals surface area contributed by atoms with Crippen molar-refractivity contribution in [3.8, 4) is 0 Å². The smallest absolute Gasteiger partial charge is 0.251 e. The molecule has 19 heavy (non-hydrogen) atoms. The highest BCUT2D eigenvalue weighted by atomic mass is 16.5. The van der Waals surface area contributed by atoms with Gasteiger partial charge in [0.2, 0.25) is 0 Å². The van der Waals surface area contributed by atoms with Gasteiger partial charge in [0.05, 0.1) is 0 Å². The van der Waals surface area contributed by atoms with Crippen molar-refractivity contribution in [2.75, 3.05) is 25.6 Å². The molecule has 0 radical (unpaired) electrons. The molecule has 1 unspecified atom stereocenters. The summed E-state index contributed by atoms with van der Waals surface area (Å²) in [4.78, 5) is 12.0. The van der Waals surface area contributed by atoms with Crippen molar-refractivity contribution in [2.45, 2.75) is 32.7 Å². The van der Waals surface area contributed by atoms with Crippen LogP contribution in [0, 0.1) is 0 Å². The summed E-state index contributed by atoms with van der Waals surface area (Å²) in [6.45, 7) is 5.70. The average Bonchev–Trinajstić information content (AvgIpc) is 2.43. The molecule has 1 aromatic rings. The van der Waals surface area contributed by atoms with Crippen LogP contribution in [-0.2, 0) is 4.74 Å². The topological polar surface area (TPSA) is 50.4 Å². The third-order valence-electron chi connectivity index (χ3n) is 2.86. The van der Waals surface area contributed by atoms with Gasteiger partial charge in [0.25, 0.3) is 5.91 Å². The SMILES string of the molecule is CCCNc1ccc(C(=O)NC(C)CCOC)cc1. The molecule has 1 aromatic carbocycles. The number of anilines is 1. The zero-order chi connectivity index (χ0) is 14.1. The quantitative estimate of drug-likeness (QED) is 0.759. The molecule has 0 saturated heterocycles. The van der Waals surface area contributed by atoms with Gasteiger partial charge in [-0.3, -0.25) is 4.79 Å². The maximum atomic E-state index is 12.0. The summed E-state index contributed by atoms with van der Waals surface area (Å²) in [5.41, 5.74) is 1.73. The van der Waals surface area contributed by atoms with E-state index >= 15 is 0 Å². The first kappa shape index (κ1) is 15.5. The molecule has 0 spiro atoms. The number of carbonyl (C=O) groups excluding carboxylic acids is 1. The molecule has 0 fully saturated rings. The zero-order valence-corrected chi connectivity index (χ0v) is 12.0. The Bertz CT molecular complexity index is 376. The van der Waals surface area contributed by atoms with Crippen LogP contribution in [0.1, 0.15) is 37.0 Å². The van der Waals surface area contributed by atoms with Gasteiger partial charge in [-0.15, -0.1) is 0 Å². The molecule has 0 aliphatic rings. The third kappa shape index (κ3) is 5.75. The predicted octanol–water partition coefficient (Wildman–Crippen LogP) is 2.66. The number of ether oxygens (including phenoxy) is 1. The van der Waals surface area contributed by atoms with Gasteiger partial charge in [0, 0.05) is 37.6 Å². The zero-order valence-electron chi connectivity index (χ0n) is 12.0. The monoisotopic (exact) mass is 264 g/mol. The van der Waals surface area contributed by atoms with E-state index in [-0.39, 0.29) is 11.9 Å². The Balaban J connectivity index is 2.48. The molecule has 0 aliphatic carbocycles. The fourth-order valence-corrected chi connectivity index (χ4v) is 1.68. The van der Waals surface area contributed by atoms with E-state index in [1.54, 1.807) is 7.11 Å². The molecule has 0 aliphatic heterocycles. The molecule has 4 nitrogen and oxygen atoms in total. The summed E-state index contributed by atoms with van der Waals surface area (Å²) in [6.07, 6.45) is 1.90. The van der Waals surface area contributed by atoms with E-state index in [1.807, 2.05) is 31.2 Å². The number of hydrogen-bond acceptors (Lipinski definition) is 3. The van der Waals surface area contributed by atoms with Crippen LogP contribution in [-0.4, -0.2) is 32.2 Å². The van der Waals surface area contributed by atoms with E-state index in [1.165, 1.54) is 0 Å². The average molecular weight is 264 g/mol. The van der Waals surface area contributed by atoms with Crippen LogP contribution in [0.2, 0.25) is 0 Å². The number of amides is 1. The molecule has 1 rings (SSSR count).